The van der Waals surface area contributed by atoms with Crippen molar-refractivity contribution in [2.45, 2.75) is 18.8 Å². The van der Waals surface area contributed by atoms with Gasteiger partial charge in [-0.25, -0.2) is 8.78 Å². The lowest BCUT2D eigenvalue weighted by Gasteiger charge is -2.32. The average molecular weight is 384 g/mol. The van der Waals surface area contributed by atoms with Gasteiger partial charge in [0.05, 0.1) is 11.0 Å². The van der Waals surface area contributed by atoms with Crippen LogP contribution in [0.3, 0.4) is 0 Å². The Labute approximate surface area is 141 Å². The standard InChI is InChI=1S/C17H16BrF2NO2/c18-16-13-5-2-1-4-12(13)6-7-14(16)23-10-15(22)21-9-3-8-17(19,20)11-21/h1-2,4-7H,3,8-11H2. The van der Waals surface area contributed by atoms with Crippen LogP contribution >= 0.6 is 15.9 Å². The Hall–Kier alpha value is -1.69. The number of amides is 1. The summed E-state index contributed by atoms with van der Waals surface area (Å²) in [6, 6.07) is 11.4. The average Bonchev–Trinajstić information content (AvgIpc) is 2.53. The number of piperidine rings is 1. The number of hydrogen-bond acceptors (Lipinski definition) is 2. The number of benzene rings is 2. The van der Waals surface area contributed by atoms with Crippen LogP contribution in [0.15, 0.2) is 40.9 Å². The summed E-state index contributed by atoms with van der Waals surface area (Å²) in [7, 11) is 0. The highest BCUT2D eigenvalue weighted by Gasteiger charge is 2.37. The van der Waals surface area contributed by atoms with E-state index in [1.54, 1.807) is 6.07 Å². The number of fused-ring (bicyclic) bond motifs is 1. The van der Waals surface area contributed by atoms with Crippen LogP contribution in [0.1, 0.15) is 12.8 Å². The summed E-state index contributed by atoms with van der Waals surface area (Å²) in [5.41, 5.74) is 0. The maximum absolute atomic E-state index is 13.4. The van der Waals surface area contributed by atoms with Crippen LogP contribution in [0.2, 0.25) is 0 Å². The zero-order valence-electron chi connectivity index (χ0n) is 12.4. The van der Waals surface area contributed by atoms with Gasteiger partial charge in [0.2, 0.25) is 0 Å². The number of ether oxygens (including phenoxy) is 1. The minimum absolute atomic E-state index is 0.159. The van der Waals surface area contributed by atoms with E-state index in [9.17, 15) is 13.6 Å². The van der Waals surface area contributed by atoms with Crippen molar-refractivity contribution in [2.75, 3.05) is 19.7 Å². The van der Waals surface area contributed by atoms with Crippen LogP contribution in [0.25, 0.3) is 10.8 Å². The van der Waals surface area contributed by atoms with Crippen molar-refractivity contribution < 1.29 is 18.3 Å². The molecule has 1 heterocycles. The fourth-order valence-electron chi connectivity index (χ4n) is 2.73. The van der Waals surface area contributed by atoms with Gasteiger partial charge in [-0.1, -0.05) is 30.3 Å². The molecule has 0 unspecified atom stereocenters. The Morgan fingerprint density at radius 3 is 2.83 bits per heavy atom. The van der Waals surface area contributed by atoms with Gasteiger partial charge < -0.3 is 9.64 Å². The first-order chi connectivity index (χ1) is 11.0. The quantitative estimate of drug-likeness (QED) is 0.793. The van der Waals surface area contributed by atoms with E-state index < -0.39 is 18.4 Å². The van der Waals surface area contributed by atoms with Crippen molar-refractivity contribution in [1.29, 1.82) is 0 Å². The van der Waals surface area contributed by atoms with Crippen LogP contribution in [0, 0.1) is 0 Å². The van der Waals surface area contributed by atoms with Gasteiger partial charge in [-0.2, -0.15) is 0 Å². The summed E-state index contributed by atoms with van der Waals surface area (Å²) < 4.78 is 33.1. The van der Waals surface area contributed by atoms with E-state index in [2.05, 4.69) is 15.9 Å². The van der Waals surface area contributed by atoms with E-state index in [0.29, 0.717) is 18.7 Å². The van der Waals surface area contributed by atoms with Crippen LogP contribution < -0.4 is 4.74 Å². The number of alkyl halides is 2. The van der Waals surface area contributed by atoms with Gasteiger partial charge in [-0.05, 0) is 39.2 Å². The molecular weight excluding hydrogens is 368 g/mol. The highest BCUT2D eigenvalue weighted by molar-refractivity contribution is 9.10. The molecule has 1 fully saturated rings. The molecule has 0 atom stereocenters. The van der Waals surface area contributed by atoms with Gasteiger partial charge in [0, 0.05) is 13.0 Å². The van der Waals surface area contributed by atoms with E-state index in [1.165, 1.54) is 4.90 Å². The Bertz CT molecular complexity index is 736. The number of hydrogen-bond donors (Lipinski definition) is 0. The zero-order valence-corrected chi connectivity index (χ0v) is 14.0. The number of carbonyl (C=O) groups excluding carboxylic acids is 1. The summed E-state index contributed by atoms with van der Waals surface area (Å²) >= 11 is 3.48. The highest BCUT2D eigenvalue weighted by atomic mass is 79.9. The third kappa shape index (κ3) is 3.63. The number of carbonyl (C=O) groups is 1. The van der Waals surface area contributed by atoms with Crippen LogP contribution in [-0.4, -0.2) is 36.4 Å². The predicted molar refractivity (Wildman–Crippen MR) is 87.9 cm³/mol. The fraction of sp³-hybridized carbons (Fsp3) is 0.353. The highest BCUT2D eigenvalue weighted by Crippen LogP contribution is 2.33. The number of halogens is 3. The van der Waals surface area contributed by atoms with Crippen LogP contribution in [0.4, 0.5) is 8.78 Å². The Kier molecular flexibility index (Phi) is 4.53. The molecule has 23 heavy (non-hydrogen) atoms. The summed E-state index contributed by atoms with van der Waals surface area (Å²) in [5, 5.41) is 2.02. The van der Waals surface area contributed by atoms with E-state index in [0.717, 1.165) is 15.2 Å². The normalized spacial score (nSPS) is 17.3. The minimum atomic E-state index is -2.79. The molecule has 2 aromatic carbocycles. The predicted octanol–water partition coefficient (Wildman–Crippen LogP) is 4.24. The second-order valence-electron chi connectivity index (χ2n) is 5.66. The molecule has 0 aliphatic carbocycles. The van der Waals surface area contributed by atoms with Gasteiger partial charge >= 0.3 is 0 Å². The molecule has 0 aromatic heterocycles. The molecule has 3 nitrogen and oxygen atoms in total. The Balaban J connectivity index is 1.68. The van der Waals surface area contributed by atoms with Crippen LogP contribution in [0.5, 0.6) is 5.75 Å². The number of likely N-dealkylation sites (tertiary alicyclic amines) is 1. The van der Waals surface area contributed by atoms with Crippen molar-refractivity contribution in [2.24, 2.45) is 0 Å². The van der Waals surface area contributed by atoms with Gasteiger partial charge in [-0.15, -0.1) is 0 Å². The van der Waals surface area contributed by atoms with Crippen molar-refractivity contribution in [3.05, 3.63) is 40.9 Å². The molecular formula is C17H16BrF2NO2. The number of rotatable bonds is 3. The molecule has 1 amide bonds. The molecule has 1 aliphatic heterocycles. The third-order valence-electron chi connectivity index (χ3n) is 3.92. The molecule has 6 heteroatoms. The van der Waals surface area contributed by atoms with Crippen molar-refractivity contribution in [3.63, 3.8) is 0 Å². The van der Waals surface area contributed by atoms with E-state index in [4.69, 9.17) is 4.74 Å². The monoisotopic (exact) mass is 383 g/mol. The Morgan fingerprint density at radius 2 is 2.04 bits per heavy atom. The summed E-state index contributed by atoms with van der Waals surface area (Å²) in [4.78, 5) is 13.3. The molecule has 0 saturated carbocycles. The summed E-state index contributed by atoms with van der Waals surface area (Å²) in [6.45, 7) is -0.405. The molecule has 2 aromatic rings. The molecule has 122 valence electrons. The smallest absolute Gasteiger partial charge is 0.265 e. The van der Waals surface area contributed by atoms with Gasteiger partial charge in [-0.3, -0.25) is 4.79 Å². The fourth-order valence-corrected chi connectivity index (χ4v) is 3.34. The lowest BCUT2D eigenvalue weighted by atomic mass is 10.1. The molecule has 3 rings (SSSR count). The third-order valence-corrected chi connectivity index (χ3v) is 4.74. The largest absolute Gasteiger partial charge is 0.483 e. The second kappa shape index (κ2) is 6.43. The maximum atomic E-state index is 13.4. The van der Waals surface area contributed by atoms with Crippen LogP contribution in [-0.2, 0) is 4.79 Å². The van der Waals surface area contributed by atoms with E-state index in [-0.39, 0.29) is 13.0 Å². The van der Waals surface area contributed by atoms with Crippen molar-refractivity contribution in [3.8, 4) is 5.75 Å². The summed E-state index contributed by atoms with van der Waals surface area (Å²) in [6.07, 6.45) is 0.159. The van der Waals surface area contributed by atoms with Gasteiger partial charge in [0.25, 0.3) is 11.8 Å². The topological polar surface area (TPSA) is 29.5 Å². The Morgan fingerprint density at radius 1 is 1.26 bits per heavy atom. The maximum Gasteiger partial charge on any atom is 0.265 e. The van der Waals surface area contributed by atoms with Crippen molar-refractivity contribution >= 4 is 32.6 Å². The first-order valence-electron chi connectivity index (χ1n) is 7.42. The van der Waals surface area contributed by atoms with E-state index in [1.807, 2.05) is 30.3 Å². The minimum Gasteiger partial charge on any atom is -0.483 e. The first kappa shape index (κ1) is 16.2. The lowest BCUT2D eigenvalue weighted by Crippen LogP contribution is -2.47. The summed E-state index contributed by atoms with van der Waals surface area (Å²) in [5.74, 6) is -2.68. The molecule has 0 spiro atoms. The molecule has 0 N–H and O–H groups in total. The van der Waals surface area contributed by atoms with Crippen molar-refractivity contribution in [1.82, 2.24) is 4.90 Å². The van der Waals surface area contributed by atoms with Gasteiger partial charge in [0.15, 0.2) is 6.61 Å². The molecule has 0 bridgehead atoms. The van der Waals surface area contributed by atoms with Gasteiger partial charge in [0.1, 0.15) is 5.75 Å². The SMILES string of the molecule is O=C(COc1ccc2ccccc2c1Br)N1CCCC(F)(F)C1. The number of nitrogens with zero attached hydrogens (tertiary/aromatic N) is 1. The molecule has 0 radical (unpaired) electrons. The zero-order chi connectivity index (χ0) is 16.4. The lowest BCUT2D eigenvalue weighted by molar-refractivity contribution is -0.143. The second-order valence-corrected chi connectivity index (χ2v) is 6.46. The van der Waals surface area contributed by atoms with E-state index >= 15 is 0 Å². The molecule has 1 aliphatic rings. The molecule has 1 saturated heterocycles. The first-order valence-corrected chi connectivity index (χ1v) is 8.21.